The van der Waals surface area contributed by atoms with E-state index in [4.69, 9.17) is 25.2 Å². The van der Waals surface area contributed by atoms with Crippen molar-refractivity contribution in [3.63, 3.8) is 0 Å². The first kappa shape index (κ1) is 22.5. The number of rotatable bonds is 5. The zero-order valence-electron chi connectivity index (χ0n) is 16.9. The van der Waals surface area contributed by atoms with Crippen molar-refractivity contribution >= 4 is 34.2 Å². The van der Waals surface area contributed by atoms with Crippen molar-refractivity contribution in [3.05, 3.63) is 81.7 Å². The van der Waals surface area contributed by atoms with Crippen LogP contribution in [-0.4, -0.2) is 12.0 Å². The topological polar surface area (TPSA) is 81.7 Å². The van der Waals surface area contributed by atoms with Gasteiger partial charge in [0.05, 0.1) is 22.9 Å². The third kappa shape index (κ3) is 4.58. The maximum atomic E-state index is 13.2. The maximum Gasteiger partial charge on any atom is 0.418 e. The molecule has 0 aliphatic carbocycles. The van der Waals surface area contributed by atoms with E-state index in [1.165, 1.54) is 49.6 Å². The molecule has 0 fully saturated rings. The second-order valence-corrected chi connectivity index (χ2v) is 7.44. The SMILES string of the molecule is CC(Oc1c(-c2ccco2)oc2ccc(Cl)cc2c1=O)C(=O)Nc1ccccc1C(F)(F)F. The molecule has 0 spiro atoms. The molecule has 4 rings (SSSR count). The number of furan rings is 1. The number of hydrogen-bond acceptors (Lipinski definition) is 5. The summed E-state index contributed by atoms with van der Waals surface area (Å²) in [5.74, 6) is -1.15. The first-order valence-electron chi connectivity index (χ1n) is 9.59. The van der Waals surface area contributed by atoms with E-state index in [0.717, 1.165) is 12.1 Å². The largest absolute Gasteiger partial charge is 0.473 e. The molecule has 170 valence electrons. The smallest absolute Gasteiger partial charge is 0.418 e. The Morgan fingerprint density at radius 2 is 1.88 bits per heavy atom. The van der Waals surface area contributed by atoms with Crippen LogP contribution in [0.2, 0.25) is 5.02 Å². The summed E-state index contributed by atoms with van der Waals surface area (Å²) >= 11 is 5.98. The average molecular weight is 478 g/mol. The van der Waals surface area contributed by atoms with Gasteiger partial charge in [-0.05, 0) is 49.4 Å². The van der Waals surface area contributed by atoms with E-state index in [1.54, 1.807) is 6.07 Å². The highest BCUT2D eigenvalue weighted by Gasteiger charge is 2.34. The van der Waals surface area contributed by atoms with Gasteiger partial charge < -0.3 is 18.9 Å². The fourth-order valence-corrected chi connectivity index (χ4v) is 3.30. The lowest BCUT2D eigenvalue weighted by Crippen LogP contribution is -2.32. The molecular formula is C23H15ClF3NO5. The van der Waals surface area contributed by atoms with Gasteiger partial charge in [-0.1, -0.05) is 23.7 Å². The van der Waals surface area contributed by atoms with Crippen LogP contribution in [0.25, 0.3) is 22.5 Å². The van der Waals surface area contributed by atoms with Gasteiger partial charge in [0.2, 0.25) is 16.9 Å². The fourth-order valence-electron chi connectivity index (χ4n) is 3.13. The molecule has 0 aliphatic heterocycles. The van der Waals surface area contributed by atoms with Gasteiger partial charge in [0.15, 0.2) is 11.9 Å². The van der Waals surface area contributed by atoms with Gasteiger partial charge in [0.1, 0.15) is 5.58 Å². The Morgan fingerprint density at radius 1 is 1.12 bits per heavy atom. The second-order valence-electron chi connectivity index (χ2n) is 7.00. The number of carbonyl (C=O) groups excluding carboxylic acids is 1. The van der Waals surface area contributed by atoms with Crippen LogP contribution in [0.5, 0.6) is 5.75 Å². The molecule has 33 heavy (non-hydrogen) atoms. The van der Waals surface area contributed by atoms with Crippen LogP contribution >= 0.6 is 11.6 Å². The van der Waals surface area contributed by atoms with E-state index >= 15 is 0 Å². The lowest BCUT2D eigenvalue weighted by atomic mass is 10.1. The first-order valence-corrected chi connectivity index (χ1v) is 9.97. The van der Waals surface area contributed by atoms with Crippen LogP contribution < -0.4 is 15.5 Å². The molecule has 2 heterocycles. The predicted molar refractivity (Wildman–Crippen MR) is 115 cm³/mol. The summed E-state index contributed by atoms with van der Waals surface area (Å²) in [6.45, 7) is 1.29. The standard InChI is InChI=1S/C23H15ClF3NO5/c1-12(22(30)28-16-6-3-2-5-15(16)23(25,26)27)32-21-19(29)14-11-13(24)8-9-17(14)33-20(21)18-7-4-10-31-18/h2-12H,1H3,(H,28,30). The molecular weight excluding hydrogens is 463 g/mol. The third-order valence-corrected chi connectivity index (χ3v) is 4.94. The normalized spacial score (nSPS) is 12.5. The number of amides is 1. The molecule has 0 saturated heterocycles. The molecule has 4 aromatic rings. The van der Waals surface area contributed by atoms with Gasteiger partial charge in [-0.3, -0.25) is 9.59 Å². The quantitative estimate of drug-likeness (QED) is 0.374. The molecule has 0 radical (unpaired) electrons. The maximum absolute atomic E-state index is 13.2. The Bertz CT molecular complexity index is 1380. The van der Waals surface area contributed by atoms with Crippen molar-refractivity contribution in [1.82, 2.24) is 0 Å². The first-order chi connectivity index (χ1) is 15.6. The van der Waals surface area contributed by atoms with Gasteiger partial charge in [0, 0.05) is 5.02 Å². The minimum atomic E-state index is -4.67. The number of nitrogens with one attached hydrogen (secondary N) is 1. The lowest BCUT2D eigenvalue weighted by Gasteiger charge is -2.18. The molecule has 0 aliphatic rings. The number of halogens is 4. The Morgan fingerprint density at radius 3 is 2.58 bits per heavy atom. The molecule has 0 bridgehead atoms. The molecule has 10 heteroatoms. The molecule has 1 atom stereocenters. The summed E-state index contributed by atoms with van der Waals surface area (Å²) in [7, 11) is 0. The second kappa shape index (κ2) is 8.67. The number of para-hydroxylation sites is 1. The van der Waals surface area contributed by atoms with Crippen LogP contribution in [-0.2, 0) is 11.0 Å². The van der Waals surface area contributed by atoms with Gasteiger partial charge in [-0.25, -0.2) is 0 Å². The van der Waals surface area contributed by atoms with Crippen LogP contribution in [0.3, 0.4) is 0 Å². The number of fused-ring (bicyclic) bond motifs is 1. The summed E-state index contributed by atoms with van der Waals surface area (Å²) in [6, 6.07) is 12.0. The number of benzene rings is 2. The van der Waals surface area contributed by atoms with E-state index in [-0.39, 0.29) is 33.3 Å². The molecule has 2 aromatic heterocycles. The average Bonchev–Trinajstić information content (AvgIpc) is 3.30. The highest BCUT2D eigenvalue weighted by Crippen LogP contribution is 2.35. The van der Waals surface area contributed by atoms with Crippen molar-refractivity contribution in [2.75, 3.05) is 5.32 Å². The Labute approximate surface area is 189 Å². The van der Waals surface area contributed by atoms with E-state index in [1.807, 2.05) is 0 Å². The lowest BCUT2D eigenvalue weighted by molar-refractivity contribution is -0.137. The monoisotopic (exact) mass is 477 g/mol. The van der Waals surface area contributed by atoms with E-state index in [0.29, 0.717) is 0 Å². The summed E-state index contributed by atoms with van der Waals surface area (Å²) < 4.78 is 56.4. The zero-order chi connectivity index (χ0) is 23.8. The highest BCUT2D eigenvalue weighted by molar-refractivity contribution is 6.31. The van der Waals surface area contributed by atoms with Crippen molar-refractivity contribution in [1.29, 1.82) is 0 Å². The number of anilines is 1. The van der Waals surface area contributed by atoms with Gasteiger partial charge >= 0.3 is 6.18 Å². The summed E-state index contributed by atoms with van der Waals surface area (Å²) in [5, 5.41) is 2.57. The van der Waals surface area contributed by atoms with E-state index in [2.05, 4.69) is 5.32 Å². The molecule has 2 aromatic carbocycles. The number of carbonyl (C=O) groups is 1. The zero-order valence-corrected chi connectivity index (χ0v) is 17.7. The highest BCUT2D eigenvalue weighted by atomic mass is 35.5. The Balaban J connectivity index is 1.70. The van der Waals surface area contributed by atoms with Crippen LogP contribution in [0.15, 0.2) is 74.5 Å². The molecule has 6 nitrogen and oxygen atoms in total. The van der Waals surface area contributed by atoms with Gasteiger partial charge in [-0.2, -0.15) is 13.2 Å². The number of hydrogen-bond donors (Lipinski definition) is 1. The Hall–Kier alpha value is -3.72. The van der Waals surface area contributed by atoms with Crippen molar-refractivity contribution in [2.24, 2.45) is 0 Å². The van der Waals surface area contributed by atoms with Crippen molar-refractivity contribution < 1.29 is 31.5 Å². The summed E-state index contributed by atoms with van der Waals surface area (Å²) in [5.41, 5.74) is -1.87. The fraction of sp³-hybridized carbons (Fsp3) is 0.130. The van der Waals surface area contributed by atoms with Crippen LogP contribution in [0.4, 0.5) is 18.9 Å². The predicted octanol–water partition coefficient (Wildman–Crippen LogP) is 6.13. The minimum absolute atomic E-state index is 0.0739. The van der Waals surface area contributed by atoms with Crippen LogP contribution in [0.1, 0.15) is 12.5 Å². The minimum Gasteiger partial charge on any atom is -0.473 e. The van der Waals surface area contributed by atoms with E-state index < -0.39 is 34.9 Å². The molecule has 1 amide bonds. The summed E-state index contributed by atoms with van der Waals surface area (Å²) in [4.78, 5) is 25.8. The van der Waals surface area contributed by atoms with Crippen LogP contribution in [0, 0.1) is 0 Å². The molecule has 0 saturated carbocycles. The Kier molecular flexibility index (Phi) is 5.90. The summed E-state index contributed by atoms with van der Waals surface area (Å²) in [6.07, 6.45) is -4.67. The van der Waals surface area contributed by atoms with Crippen molar-refractivity contribution in [2.45, 2.75) is 19.2 Å². The van der Waals surface area contributed by atoms with E-state index in [9.17, 15) is 22.8 Å². The molecule has 1 unspecified atom stereocenters. The number of ether oxygens (including phenoxy) is 1. The third-order valence-electron chi connectivity index (χ3n) is 4.71. The number of alkyl halides is 3. The van der Waals surface area contributed by atoms with Gasteiger partial charge in [0.25, 0.3) is 5.91 Å². The molecule has 1 N–H and O–H groups in total. The van der Waals surface area contributed by atoms with Crippen molar-refractivity contribution in [3.8, 4) is 17.3 Å². The van der Waals surface area contributed by atoms with Gasteiger partial charge in [-0.15, -0.1) is 0 Å².